The molecule has 1 atom stereocenters. The quantitative estimate of drug-likeness (QED) is 0.920. The summed E-state index contributed by atoms with van der Waals surface area (Å²) in [5, 5.41) is 12.0. The number of anilines is 2. The molecule has 0 saturated heterocycles. The van der Waals surface area contributed by atoms with E-state index in [4.69, 9.17) is 0 Å². The predicted molar refractivity (Wildman–Crippen MR) is 71.8 cm³/mol. The Balaban J connectivity index is 2.36. The molecule has 0 bridgehead atoms. The van der Waals surface area contributed by atoms with Gasteiger partial charge in [0.15, 0.2) is 5.13 Å². The third-order valence-electron chi connectivity index (χ3n) is 2.63. The number of rotatable bonds is 4. The van der Waals surface area contributed by atoms with Crippen molar-refractivity contribution in [3.8, 4) is 0 Å². The molecule has 18 heavy (non-hydrogen) atoms. The first-order chi connectivity index (χ1) is 8.63. The van der Waals surface area contributed by atoms with Gasteiger partial charge in [-0.25, -0.2) is 9.37 Å². The number of aliphatic hydroxyl groups excluding tert-OH is 1. The minimum Gasteiger partial charge on any atom is -0.387 e. The Bertz CT molecular complexity index is 527. The molecule has 1 N–H and O–H groups in total. The van der Waals surface area contributed by atoms with Crippen LogP contribution in [0.5, 0.6) is 0 Å². The van der Waals surface area contributed by atoms with E-state index in [1.165, 1.54) is 17.4 Å². The van der Waals surface area contributed by atoms with Gasteiger partial charge in [0, 0.05) is 11.9 Å². The second-order valence-electron chi connectivity index (χ2n) is 3.93. The van der Waals surface area contributed by atoms with E-state index in [-0.39, 0.29) is 5.82 Å². The molecule has 1 heterocycles. The molecule has 0 radical (unpaired) electrons. The van der Waals surface area contributed by atoms with Crippen LogP contribution in [0.1, 0.15) is 25.6 Å². The summed E-state index contributed by atoms with van der Waals surface area (Å²) in [6.45, 7) is 4.22. The lowest BCUT2D eigenvalue weighted by molar-refractivity contribution is 0.195. The van der Waals surface area contributed by atoms with Gasteiger partial charge >= 0.3 is 0 Å². The van der Waals surface area contributed by atoms with E-state index in [1.54, 1.807) is 35.4 Å². The SMILES string of the molecule is CCN(c1nc(C(C)O)cs1)c1ccccc1F. The fraction of sp³-hybridized carbons (Fsp3) is 0.308. The second kappa shape index (κ2) is 5.46. The van der Waals surface area contributed by atoms with Gasteiger partial charge in [0.1, 0.15) is 5.82 Å². The van der Waals surface area contributed by atoms with E-state index in [1.807, 2.05) is 6.92 Å². The first-order valence-corrected chi connectivity index (χ1v) is 6.67. The number of para-hydroxylation sites is 1. The number of benzene rings is 1. The van der Waals surface area contributed by atoms with Crippen molar-refractivity contribution in [1.82, 2.24) is 4.98 Å². The Morgan fingerprint density at radius 1 is 1.44 bits per heavy atom. The first-order valence-electron chi connectivity index (χ1n) is 5.79. The standard InChI is InChI=1S/C13H15FN2OS/c1-3-16(12-7-5-4-6-10(12)14)13-15-11(8-18-13)9(2)17/h4-9,17H,3H2,1-2H3. The van der Waals surface area contributed by atoms with Crippen molar-refractivity contribution in [2.24, 2.45) is 0 Å². The number of thiazole rings is 1. The van der Waals surface area contributed by atoms with Crippen molar-refractivity contribution in [2.75, 3.05) is 11.4 Å². The summed E-state index contributed by atoms with van der Waals surface area (Å²) in [5.41, 5.74) is 1.12. The van der Waals surface area contributed by atoms with Gasteiger partial charge in [-0.1, -0.05) is 12.1 Å². The van der Waals surface area contributed by atoms with Crippen molar-refractivity contribution in [3.05, 3.63) is 41.2 Å². The molecule has 0 aliphatic carbocycles. The number of halogens is 1. The number of nitrogens with zero attached hydrogens (tertiary/aromatic N) is 2. The van der Waals surface area contributed by atoms with Crippen LogP contribution < -0.4 is 4.90 Å². The molecule has 0 spiro atoms. The summed E-state index contributed by atoms with van der Waals surface area (Å²) >= 11 is 1.40. The molecule has 0 aliphatic rings. The fourth-order valence-electron chi connectivity index (χ4n) is 1.67. The number of aromatic nitrogens is 1. The van der Waals surface area contributed by atoms with E-state index >= 15 is 0 Å². The van der Waals surface area contributed by atoms with Gasteiger partial charge in [0.2, 0.25) is 0 Å². The first kappa shape index (κ1) is 13.0. The Morgan fingerprint density at radius 2 is 2.17 bits per heavy atom. The normalized spacial score (nSPS) is 12.4. The zero-order valence-corrected chi connectivity index (χ0v) is 11.1. The third kappa shape index (κ3) is 2.52. The van der Waals surface area contributed by atoms with Crippen LogP contribution in [0.25, 0.3) is 0 Å². The summed E-state index contributed by atoms with van der Waals surface area (Å²) in [7, 11) is 0. The second-order valence-corrected chi connectivity index (χ2v) is 4.76. The Kier molecular flexibility index (Phi) is 3.93. The van der Waals surface area contributed by atoms with Gasteiger partial charge in [0.25, 0.3) is 0 Å². The number of hydrogen-bond donors (Lipinski definition) is 1. The minimum absolute atomic E-state index is 0.270. The largest absolute Gasteiger partial charge is 0.387 e. The van der Waals surface area contributed by atoms with Gasteiger partial charge < -0.3 is 10.0 Å². The molecule has 0 aliphatic heterocycles. The topological polar surface area (TPSA) is 36.4 Å². The Hall–Kier alpha value is -1.46. The Morgan fingerprint density at radius 3 is 2.72 bits per heavy atom. The van der Waals surface area contributed by atoms with Gasteiger partial charge in [-0.3, -0.25) is 0 Å². The lowest BCUT2D eigenvalue weighted by Gasteiger charge is -2.20. The van der Waals surface area contributed by atoms with E-state index in [0.717, 1.165) is 0 Å². The third-order valence-corrected chi connectivity index (χ3v) is 3.51. The lowest BCUT2D eigenvalue weighted by Crippen LogP contribution is -2.17. The number of aliphatic hydroxyl groups is 1. The maximum absolute atomic E-state index is 13.8. The highest BCUT2D eigenvalue weighted by molar-refractivity contribution is 7.13. The maximum atomic E-state index is 13.8. The highest BCUT2D eigenvalue weighted by atomic mass is 32.1. The van der Waals surface area contributed by atoms with Crippen LogP contribution >= 0.6 is 11.3 Å². The molecule has 2 aromatic rings. The molecule has 1 aromatic carbocycles. The summed E-state index contributed by atoms with van der Waals surface area (Å²) in [6, 6.07) is 6.61. The Labute approximate surface area is 110 Å². The van der Waals surface area contributed by atoms with E-state index in [2.05, 4.69) is 4.98 Å². The van der Waals surface area contributed by atoms with Crippen LogP contribution in [0.15, 0.2) is 29.6 Å². The smallest absolute Gasteiger partial charge is 0.190 e. The molecule has 1 unspecified atom stereocenters. The molecule has 0 fully saturated rings. The highest BCUT2D eigenvalue weighted by Crippen LogP contribution is 2.31. The number of hydrogen-bond acceptors (Lipinski definition) is 4. The van der Waals surface area contributed by atoms with Gasteiger partial charge in [-0.05, 0) is 26.0 Å². The van der Waals surface area contributed by atoms with Crippen LogP contribution in [0.3, 0.4) is 0 Å². The van der Waals surface area contributed by atoms with Crippen molar-refractivity contribution < 1.29 is 9.50 Å². The lowest BCUT2D eigenvalue weighted by atomic mass is 10.3. The van der Waals surface area contributed by atoms with Crippen LogP contribution in [0, 0.1) is 5.82 Å². The average Bonchev–Trinajstić information content (AvgIpc) is 2.82. The maximum Gasteiger partial charge on any atom is 0.190 e. The predicted octanol–water partition coefficient (Wildman–Crippen LogP) is 3.49. The van der Waals surface area contributed by atoms with Crippen molar-refractivity contribution in [2.45, 2.75) is 20.0 Å². The van der Waals surface area contributed by atoms with E-state index in [0.29, 0.717) is 23.1 Å². The van der Waals surface area contributed by atoms with Crippen LogP contribution in [-0.4, -0.2) is 16.6 Å². The molecular weight excluding hydrogens is 251 g/mol. The van der Waals surface area contributed by atoms with Crippen LogP contribution in [0.4, 0.5) is 15.2 Å². The van der Waals surface area contributed by atoms with Gasteiger partial charge in [-0.15, -0.1) is 11.3 Å². The molecule has 0 saturated carbocycles. The minimum atomic E-state index is -0.602. The average molecular weight is 266 g/mol. The van der Waals surface area contributed by atoms with Crippen molar-refractivity contribution >= 4 is 22.2 Å². The van der Waals surface area contributed by atoms with Crippen molar-refractivity contribution in [1.29, 1.82) is 0 Å². The zero-order chi connectivity index (χ0) is 13.1. The highest BCUT2D eigenvalue weighted by Gasteiger charge is 2.16. The van der Waals surface area contributed by atoms with Gasteiger partial charge in [-0.2, -0.15) is 0 Å². The molecule has 1 aromatic heterocycles. The summed E-state index contributed by atoms with van der Waals surface area (Å²) < 4.78 is 13.8. The van der Waals surface area contributed by atoms with E-state index in [9.17, 15) is 9.50 Å². The van der Waals surface area contributed by atoms with Crippen molar-refractivity contribution in [3.63, 3.8) is 0 Å². The van der Waals surface area contributed by atoms with Crippen LogP contribution in [0.2, 0.25) is 0 Å². The zero-order valence-electron chi connectivity index (χ0n) is 10.3. The molecule has 2 rings (SSSR count). The van der Waals surface area contributed by atoms with Crippen LogP contribution in [-0.2, 0) is 0 Å². The summed E-state index contributed by atoms with van der Waals surface area (Å²) in [6.07, 6.45) is -0.602. The summed E-state index contributed by atoms with van der Waals surface area (Å²) in [5.74, 6) is -0.270. The molecule has 96 valence electrons. The molecule has 5 heteroatoms. The monoisotopic (exact) mass is 266 g/mol. The molecular formula is C13H15FN2OS. The molecule has 3 nitrogen and oxygen atoms in total. The summed E-state index contributed by atoms with van der Waals surface area (Å²) in [4.78, 5) is 6.12. The molecule has 0 amide bonds. The van der Waals surface area contributed by atoms with Gasteiger partial charge in [0.05, 0.1) is 17.5 Å². The fourth-order valence-corrected chi connectivity index (χ4v) is 2.66. The van der Waals surface area contributed by atoms with E-state index < -0.39 is 6.10 Å².